The lowest BCUT2D eigenvalue weighted by molar-refractivity contribution is 0.256. The maximum absolute atomic E-state index is 13.7. The van der Waals surface area contributed by atoms with Crippen molar-refractivity contribution < 1.29 is 31.5 Å². The molecule has 9 nitrogen and oxygen atoms in total. The van der Waals surface area contributed by atoms with E-state index in [9.17, 15) is 22.0 Å². The molecule has 0 fully saturated rings. The second-order valence-electron chi connectivity index (χ2n) is 4.53. The SMILES string of the molecule is COc1cc(OC)nc(NC(=O)NS(=O)(=O)c2sccc2/C(F)=C(\F)Cl)n1. The third-order valence-corrected chi connectivity index (χ3v) is 5.81. The van der Waals surface area contributed by atoms with E-state index in [1.165, 1.54) is 25.7 Å². The summed E-state index contributed by atoms with van der Waals surface area (Å²) in [4.78, 5) is 19.6. The number of aromatic nitrogens is 2. The minimum absolute atomic E-state index is 0.0466. The summed E-state index contributed by atoms with van der Waals surface area (Å²) in [6, 6.07) is 1.08. The molecule has 14 heteroatoms. The molecule has 0 unspecified atom stereocenters. The summed E-state index contributed by atoms with van der Waals surface area (Å²) in [5.74, 6) is -1.79. The van der Waals surface area contributed by atoms with Crippen LogP contribution in [0.15, 0.2) is 27.0 Å². The number of nitrogens with one attached hydrogen (secondary N) is 2. The van der Waals surface area contributed by atoms with E-state index in [0.29, 0.717) is 11.3 Å². The Morgan fingerprint density at radius 3 is 2.33 bits per heavy atom. The van der Waals surface area contributed by atoms with E-state index >= 15 is 0 Å². The molecule has 0 atom stereocenters. The molecule has 0 aliphatic heterocycles. The molecule has 0 radical (unpaired) electrons. The summed E-state index contributed by atoms with van der Waals surface area (Å²) in [6.07, 6.45) is 0. The number of carbonyl (C=O) groups excluding carboxylic acids is 1. The smallest absolute Gasteiger partial charge is 0.335 e. The van der Waals surface area contributed by atoms with Crippen LogP contribution in [0.25, 0.3) is 5.83 Å². The van der Waals surface area contributed by atoms with Crippen LogP contribution in [0, 0.1) is 0 Å². The Hall–Kier alpha value is -2.51. The van der Waals surface area contributed by atoms with E-state index in [4.69, 9.17) is 21.1 Å². The van der Waals surface area contributed by atoms with Crippen molar-refractivity contribution in [1.29, 1.82) is 0 Å². The van der Waals surface area contributed by atoms with E-state index in [0.717, 1.165) is 6.07 Å². The molecule has 0 aliphatic rings. The van der Waals surface area contributed by atoms with Gasteiger partial charge in [-0.15, -0.1) is 11.3 Å². The number of methoxy groups -OCH3 is 2. The van der Waals surface area contributed by atoms with Crippen molar-refractivity contribution in [2.45, 2.75) is 4.21 Å². The molecule has 2 N–H and O–H groups in total. The summed E-state index contributed by atoms with van der Waals surface area (Å²) in [5, 5.41) is 1.54. The van der Waals surface area contributed by atoms with E-state index in [1.807, 2.05) is 0 Å². The summed E-state index contributed by atoms with van der Waals surface area (Å²) in [5.41, 5.74) is -0.618. The van der Waals surface area contributed by atoms with Gasteiger partial charge in [-0.05, 0) is 23.0 Å². The van der Waals surface area contributed by atoms with E-state index in [2.05, 4.69) is 15.3 Å². The van der Waals surface area contributed by atoms with Crippen molar-refractivity contribution >= 4 is 50.8 Å². The zero-order valence-electron chi connectivity index (χ0n) is 13.6. The third-order valence-electron chi connectivity index (χ3n) is 2.83. The van der Waals surface area contributed by atoms with Crippen LogP contribution in [0.2, 0.25) is 0 Å². The first-order valence-corrected chi connectivity index (χ1v) is 9.51. The Balaban J connectivity index is 2.24. The highest BCUT2D eigenvalue weighted by Gasteiger charge is 2.26. The Morgan fingerprint density at radius 2 is 1.81 bits per heavy atom. The van der Waals surface area contributed by atoms with Crippen LogP contribution in [-0.4, -0.2) is 38.6 Å². The van der Waals surface area contributed by atoms with Gasteiger partial charge in [0.05, 0.1) is 20.3 Å². The lowest BCUT2D eigenvalue weighted by Gasteiger charge is -2.09. The minimum Gasteiger partial charge on any atom is -0.481 e. The zero-order chi connectivity index (χ0) is 20.2. The summed E-state index contributed by atoms with van der Waals surface area (Å²) < 4.78 is 61.9. The minimum atomic E-state index is -4.54. The predicted molar refractivity (Wildman–Crippen MR) is 93.8 cm³/mol. The lowest BCUT2D eigenvalue weighted by atomic mass is 10.3. The molecular weight excluding hydrogens is 430 g/mol. The van der Waals surface area contributed by atoms with Gasteiger partial charge in [-0.3, -0.25) is 5.32 Å². The molecule has 0 aliphatic carbocycles. The highest BCUT2D eigenvalue weighted by atomic mass is 35.5. The normalized spacial score (nSPS) is 12.2. The van der Waals surface area contributed by atoms with E-state index < -0.39 is 36.9 Å². The number of rotatable bonds is 6. The fraction of sp³-hybridized carbons (Fsp3) is 0.154. The van der Waals surface area contributed by atoms with Crippen LogP contribution in [-0.2, 0) is 10.0 Å². The number of halogens is 3. The molecule has 2 rings (SSSR count). The van der Waals surface area contributed by atoms with Crippen LogP contribution in [0.1, 0.15) is 5.56 Å². The topological polar surface area (TPSA) is 120 Å². The van der Waals surface area contributed by atoms with Gasteiger partial charge in [0.2, 0.25) is 23.0 Å². The number of hydrogen-bond donors (Lipinski definition) is 2. The average Bonchev–Trinajstić information content (AvgIpc) is 3.10. The maximum Gasteiger partial charge on any atom is 0.335 e. The van der Waals surface area contributed by atoms with Crippen molar-refractivity contribution in [1.82, 2.24) is 14.7 Å². The van der Waals surface area contributed by atoms with Gasteiger partial charge in [-0.1, -0.05) is 0 Å². The second-order valence-corrected chi connectivity index (χ2v) is 7.66. The van der Waals surface area contributed by atoms with Crippen LogP contribution >= 0.6 is 22.9 Å². The summed E-state index contributed by atoms with van der Waals surface area (Å²) >= 11 is 5.48. The van der Waals surface area contributed by atoms with E-state index in [-0.39, 0.29) is 17.7 Å². The molecule has 2 amide bonds. The van der Waals surface area contributed by atoms with Crippen molar-refractivity contribution in [2.24, 2.45) is 0 Å². The molecule has 0 saturated heterocycles. The number of amides is 2. The molecule has 27 heavy (non-hydrogen) atoms. The van der Waals surface area contributed by atoms with Crippen LogP contribution in [0.3, 0.4) is 0 Å². The lowest BCUT2D eigenvalue weighted by Crippen LogP contribution is -2.34. The van der Waals surface area contributed by atoms with Crippen LogP contribution in [0.4, 0.5) is 19.5 Å². The Kier molecular flexibility index (Phi) is 6.51. The average molecular weight is 441 g/mol. The number of sulfonamides is 1. The van der Waals surface area contributed by atoms with Crippen molar-refractivity contribution in [3.8, 4) is 11.8 Å². The number of urea groups is 1. The van der Waals surface area contributed by atoms with Crippen molar-refractivity contribution in [3.05, 3.63) is 28.4 Å². The first kappa shape index (κ1) is 20.8. The second kappa shape index (κ2) is 8.45. The summed E-state index contributed by atoms with van der Waals surface area (Å²) in [7, 11) is -1.91. The largest absolute Gasteiger partial charge is 0.481 e. The van der Waals surface area contributed by atoms with Gasteiger partial charge in [-0.2, -0.15) is 14.4 Å². The molecule has 0 bridgehead atoms. The maximum atomic E-state index is 13.7. The van der Waals surface area contributed by atoms with Gasteiger partial charge in [0.1, 0.15) is 0 Å². The Bertz CT molecular complexity index is 970. The van der Waals surface area contributed by atoms with Gasteiger partial charge in [-0.25, -0.2) is 22.3 Å². The standard InChI is InChI=1S/C13H11ClF2N4O5S2/c1-24-7-5-8(25-2)18-12(17-7)19-13(21)20-27(22,23)11-6(3-4-26-11)9(15)10(14)16/h3-5H,1-2H3,(H2,17,18,19,20,21)/b10-9+. The molecule has 0 aromatic carbocycles. The van der Waals surface area contributed by atoms with E-state index in [1.54, 1.807) is 4.72 Å². The molecule has 0 spiro atoms. The fourth-order valence-electron chi connectivity index (χ4n) is 1.73. The van der Waals surface area contributed by atoms with Gasteiger partial charge in [0.15, 0.2) is 10.0 Å². The van der Waals surface area contributed by atoms with Gasteiger partial charge < -0.3 is 9.47 Å². The molecular formula is C13H11ClF2N4O5S2. The van der Waals surface area contributed by atoms with Gasteiger partial charge >= 0.3 is 6.03 Å². The quantitative estimate of drug-likeness (QED) is 0.708. The van der Waals surface area contributed by atoms with Crippen molar-refractivity contribution in [3.63, 3.8) is 0 Å². The Morgan fingerprint density at radius 1 is 1.22 bits per heavy atom. The Labute approximate surface area is 161 Å². The first-order chi connectivity index (χ1) is 12.7. The van der Waals surface area contributed by atoms with Gasteiger partial charge in [0, 0.05) is 5.56 Å². The number of anilines is 1. The molecule has 2 aromatic rings. The molecule has 0 saturated carbocycles. The number of carbonyl (C=O) groups is 1. The summed E-state index contributed by atoms with van der Waals surface area (Å²) in [6.45, 7) is 0. The van der Waals surface area contributed by atoms with Crippen LogP contribution in [0.5, 0.6) is 11.8 Å². The molecule has 2 aromatic heterocycles. The third kappa shape index (κ3) is 5.02. The number of nitrogens with zero attached hydrogens (tertiary/aromatic N) is 2. The van der Waals surface area contributed by atoms with Gasteiger partial charge in [0.25, 0.3) is 10.0 Å². The number of hydrogen-bond acceptors (Lipinski definition) is 8. The number of thiophene rings is 1. The van der Waals surface area contributed by atoms with Crippen LogP contribution < -0.4 is 19.5 Å². The number of ether oxygens (including phenoxy) is 2. The first-order valence-electron chi connectivity index (χ1n) is 6.77. The monoisotopic (exact) mass is 440 g/mol. The zero-order valence-corrected chi connectivity index (χ0v) is 16.0. The molecule has 146 valence electrons. The molecule has 2 heterocycles. The van der Waals surface area contributed by atoms with Crippen molar-refractivity contribution in [2.75, 3.05) is 19.5 Å². The fourth-order valence-corrected chi connectivity index (χ4v) is 4.08. The highest BCUT2D eigenvalue weighted by molar-refractivity contribution is 7.92. The highest BCUT2D eigenvalue weighted by Crippen LogP contribution is 2.32. The predicted octanol–water partition coefficient (Wildman–Crippen LogP) is 2.87.